The lowest BCUT2D eigenvalue weighted by atomic mass is 9.66. The second kappa shape index (κ2) is 12.1. The van der Waals surface area contributed by atoms with Crippen molar-refractivity contribution in [2.75, 3.05) is 45.8 Å². The Morgan fingerprint density at radius 2 is 1.67 bits per heavy atom. The fraction of sp³-hybridized carbons (Fsp3) is 0.765. The molecule has 4 aliphatic rings. The summed E-state index contributed by atoms with van der Waals surface area (Å²) in [6.45, 7) is 19.6. The minimum atomic E-state index is -0.240. The van der Waals surface area contributed by atoms with E-state index in [1.54, 1.807) is 5.57 Å². The normalized spacial score (nSPS) is 26.4. The third kappa shape index (κ3) is 6.52. The Bertz CT molecular complexity index is 1000. The lowest BCUT2D eigenvalue weighted by Gasteiger charge is -2.48. The second-order valence-corrected chi connectivity index (χ2v) is 14.1. The van der Waals surface area contributed by atoms with Gasteiger partial charge in [-0.3, -0.25) is 4.90 Å². The van der Waals surface area contributed by atoms with Gasteiger partial charge in [-0.1, -0.05) is 64.5 Å². The van der Waals surface area contributed by atoms with Crippen LogP contribution in [0.4, 0.5) is 0 Å². The number of aromatic hydroxyl groups is 1. The van der Waals surface area contributed by atoms with Crippen molar-refractivity contribution in [3.8, 4) is 11.5 Å². The standard InChI is InChI=1S/C34H55N3O2/c1-6-7-8-10-15-33(2,3)27-23-30(38)32-28-22-26(13-14-29(28)34(4,5)39-31(32)24-27)25-35-18-20-37(21-19-35)36-16-11-9-12-17-36/h13,23-24,28-29,38H,6-12,14-22,25H2,1-5H3/t28-,29-/m0/s1. The summed E-state index contributed by atoms with van der Waals surface area (Å²) >= 11 is 0. The van der Waals surface area contributed by atoms with E-state index < -0.39 is 0 Å². The fourth-order valence-electron chi connectivity index (χ4n) is 7.75. The molecule has 0 unspecified atom stereocenters. The number of fused-ring (bicyclic) bond motifs is 3. The fourth-order valence-corrected chi connectivity index (χ4v) is 7.75. The Hall–Kier alpha value is -1.56. The van der Waals surface area contributed by atoms with Gasteiger partial charge in [-0.25, -0.2) is 10.0 Å². The van der Waals surface area contributed by atoms with Crippen molar-refractivity contribution in [3.05, 3.63) is 34.9 Å². The molecule has 0 radical (unpaired) electrons. The zero-order chi connectivity index (χ0) is 27.6. The van der Waals surface area contributed by atoms with Crippen molar-refractivity contribution in [1.82, 2.24) is 14.9 Å². The Balaban J connectivity index is 1.27. The Morgan fingerprint density at radius 1 is 0.949 bits per heavy atom. The van der Waals surface area contributed by atoms with E-state index in [1.165, 1.54) is 63.6 Å². The van der Waals surface area contributed by atoms with Crippen LogP contribution in [0.25, 0.3) is 0 Å². The molecule has 2 saturated heterocycles. The zero-order valence-electron chi connectivity index (χ0n) is 25.6. The molecule has 0 amide bonds. The van der Waals surface area contributed by atoms with Gasteiger partial charge in [0.25, 0.3) is 0 Å². The average Bonchev–Trinajstić information content (AvgIpc) is 2.91. The van der Waals surface area contributed by atoms with Crippen LogP contribution in [0.1, 0.15) is 116 Å². The SMILES string of the molecule is CCCCCCC(C)(C)c1cc(O)c2c(c1)OC(C)(C)[C@H]1CC=C(CN3CCN(N4CCCCC4)CC3)C[C@H]21. The van der Waals surface area contributed by atoms with E-state index in [0.717, 1.165) is 63.3 Å². The molecular formula is C34H55N3O2. The number of allylic oxidation sites excluding steroid dienone is 1. The Kier molecular flexibility index (Phi) is 9.00. The molecule has 1 aromatic rings. The highest BCUT2D eigenvalue weighted by Gasteiger charge is 2.46. The summed E-state index contributed by atoms with van der Waals surface area (Å²) in [6, 6.07) is 4.33. The van der Waals surface area contributed by atoms with Crippen LogP contribution in [0, 0.1) is 5.92 Å². The third-order valence-electron chi connectivity index (χ3n) is 10.3. The van der Waals surface area contributed by atoms with Crippen LogP contribution in [0.5, 0.6) is 11.5 Å². The number of hydrogen-bond acceptors (Lipinski definition) is 5. The molecule has 3 heterocycles. The van der Waals surface area contributed by atoms with Gasteiger partial charge in [-0.2, -0.15) is 0 Å². The number of hydrazine groups is 1. The maximum Gasteiger partial charge on any atom is 0.127 e. The highest BCUT2D eigenvalue weighted by molar-refractivity contribution is 5.54. The number of unbranched alkanes of at least 4 members (excludes halogenated alkanes) is 3. The Morgan fingerprint density at radius 3 is 2.38 bits per heavy atom. The molecule has 3 aliphatic heterocycles. The summed E-state index contributed by atoms with van der Waals surface area (Å²) in [5.41, 5.74) is 3.60. The molecule has 5 heteroatoms. The predicted molar refractivity (Wildman–Crippen MR) is 162 cm³/mol. The van der Waals surface area contributed by atoms with Crippen LogP contribution in [0.15, 0.2) is 23.8 Å². The van der Waals surface area contributed by atoms with E-state index in [1.807, 2.05) is 0 Å². The van der Waals surface area contributed by atoms with E-state index in [0.29, 0.717) is 17.6 Å². The lowest BCUT2D eigenvalue weighted by molar-refractivity contribution is -0.0671. The molecule has 39 heavy (non-hydrogen) atoms. The molecule has 0 bridgehead atoms. The number of nitrogens with zero attached hydrogens (tertiary/aromatic N) is 3. The number of phenolic OH excluding ortho intramolecular Hbond substituents is 1. The van der Waals surface area contributed by atoms with Gasteiger partial charge < -0.3 is 9.84 Å². The molecule has 0 aromatic heterocycles. The summed E-state index contributed by atoms with van der Waals surface area (Å²) in [7, 11) is 0. The van der Waals surface area contributed by atoms with E-state index in [9.17, 15) is 5.11 Å². The monoisotopic (exact) mass is 537 g/mol. The van der Waals surface area contributed by atoms with Gasteiger partial charge >= 0.3 is 0 Å². The van der Waals surface area contributed by atoms with Gasteiger partial charge in [0.1, 0.15) is 17.1 Å². The van der Waals surface area contributed by atoms with Crippen molar-refractivity contribution in [1.29, 1.82) is 0 Å². The highest BCUT2D eigenvalue weighted by atomic mass is 16.5. The smallest absolute Gasteiger partial charge is 0.127 e. The first-order valence-electron chi connectivity index (χ1n) is 16.1. The summed E-state index contributed by atoms with van der Waals surface area (Å²) < 4.78 is 6.69. The van der Waals surface area contributed by atoms with Gasteiger partial charge in [0.15, 0.2) is 0 Å². The van der Waals surface area contributed by atoms with Crippen LogP contribution < -0.4 is 4.74 Å². The second-order valence-electron chi connectivity index (χ2n) is 14.1. The first-order valence-corrected chi connectivity index (χ1v) is 16.1. The molecule has 1 aromatic carbocycles. The first kappa shape index (κ1) is 29.0. The van der Waals surface area contributed by atoms with Crippen molar-refractivity contribution < 1.29 is 9.84 Å². The van der Waals surface area contributed by atoms with Crippen molar-refractivity contribution in [2.45, 2.75) is 116 Å². The molecule has 218 valence electrons. The molecule has 1 aliphatic carbocycles. The number of ether oxygens (including phenoxy) is 1. The van der Waals surface area contributed by atoms with Crippen molar-refractivity contribution in [2.24, 2.45) is 5.92 Å². The number of piperidine rings is 1. The third-order valence-corrected chi connectivity index (χ3v) is 10.3. The molecule has 5 rings (SSSR count). The summed E-state index contributed by atoms with van der Waals surface area (Å²) in [4.78, 5) is 2.65. The maximum absolute atomic E-state index is 11.5. The minimum absolute atomic E-state index is 0.0264. The van der Waals surface area contributed by atoms with E-state index in [4.69, 9.17) is 4.74 Å². The quantitative estimate of drug-likeness (QED) is 0.265. The van der Waals surface area contributed by atoms with E-state index in [-0.39, 0.29) is 11.0 Å². The number of phenols is 1. The average molecular weight is 538 g/mol. The minimum Gasteiger partial charge on any atom is -0.508 e. The van der Waals surface area contributed by atoms with Crippen LogP contribution >= 0.6 is 0 Å². The number of piperazine rings is 1. The molecule has 1 N–H and O–H groups in total. The molecule has 0 spiro atoms. The van der Waals surface area contributed by atoms with Crippen molar-refractivity contribution >= 4 is 0 Å². The number of benzene rings is 1. The summed E-state index contributed by atoms with van der Waals surface area (Å²) in [5, 5.41) is 16.7. The number of rotatable bonds is 9. The molecule has 5 nitrogen and oxygen atoms in total. The largest absolute Gasteiger partial charge is 0.508 e. The molecule has 2 fully saturated rings. The Labute approximate surface area is 238 Å². The number of hydrogen-bond donors (Lipinski definition) is 1. The van der Waals surface area contributed by atoms with E-state index in [2.05, 4.69) is 67.7 Å². The van der Waals surface area contributed by atoms with Crippen molar-refractivity contribution in [3.63, 3.8) is 0 Å². The van der Waals surface area contributed by atoms with E-state index >= 15 is 0 Å². The van der Waals surface area contributed by atoms with Crippen LogP contribution in [0.3, 0.4) is 0 Å². The van der Waals surface area contributed by atoms with Gasteiger partial charge in [-0.15, -0.1) is 0 Å². The first-order chi connectivity index (χ1) is 18.7. The summed E-state index contributed by atoms with van der Waals surface area (Å²) in [6.07, 6.45) is 14.9. The van der Waals surface area contributed by atoms with Crippen LogP contribution in [-0.4, -0.2) is 71.4 Å². The highest BCUT2D eigenvalue weighted by Crippen LogP contribution is 2.55. The molecular weight excluding hydrogens is 482 g/mol. The van der Waals surface area contributed by atoms with Gasteiger partial charge in [0, 0.05) is 63.2 Å². The van der Waals surface area contributed by atoms with Gasteiger partial charge in [0.2, 0.25) is 0 Å². The summed E-state index contributed by atoms with van der Waals surface area (Å²) in [5.74, 6) is 2.09. The van der Waals surface area contributed by atoms with Gasteiger partial charge in [0.05, 0.1) is 0 Å². The maximum atomic E-state index is 11.5. The predicted octanol–water partition coefficient (Wildman–Crippen LogP) is 7.25. The molecule has 2 atom stereocenters. The van der Waals surface area contributed by atoms with Crippen LogP contribution in [-0.2, 0) is 5.41 Å². The molecule has 0 saturated carbocycles. The van der Waals surface area contributed by atoms with Crippen LogP contribution in [0.2, 0.25) is 0 Å². The zero-order valence-corrected chi connectivity index (χ0v) is 25.6. The topological polar surface area (TPSA) is 39.2 Å². The van der Waals surface area contributed by atoms with Gasteiger partial charge in [-0.05, 0) is 69.1 Å². The lowest BCUT2D eigenvalue weighted by Crippen LogP contribution is -2.55.